The molecule has 0 aliphatic rings. The number of hydrazine groups is 1. The lowest BCUT2D eigenvalue weighted by Gasteiger charge is -2.10. The van der Waals surface area contributed by atoms with Crippen LogP contribution in [0.5, 0.6) is 0 Å². The number of pyridine rings is 1. The fourth-order valence-corrected chi connectivity index (χ4v) is 4.04. The third kappa shape index (κ3) is 5.05. The summed E-state index contributed by atoms with van der Waals surface area (Å²) in [5.41, 5.74) is 5.55. The second-order valence-corrected chi connectivity index (χ2v) is 7.87. The molecule has 0 atom stereocenters. The molecule has 0 aliphatic heterocycles. The molecule has 0 bridgehead atoms. The van der Waals surface area contributed by atoms with Crippen molar-refractivity contribution in [1.82, 2.24) is 20.4 Å². The van der Waals surface area contributed by atoms with Gasteiger partial charge in [0.1, 0.15) is 6.33 Å². The van der Waals surface area contributed by atoms with E-state index >= 15 is 0 Å². The van der Waals surface area contributed by atoms with Crippen molar-refractivity contribution in [3.05, 3.63) is 92.9 Å². The quantitative estimate of drug-likeness (QED) is 0.217. The fourth-order valence-electron chi connectivity index (χ4n) is 3.05. The summed E-state index contributed by atoms with van der Waals surface area (Å²) in [4.78, 5) is 46.6. The second-order valence-electron chi connectivity index (χ2n) is 6.84. The number of nitrogens with one attached hydrogen (secondary N) is 2. The first-order chi connectivity index (χ1) is 16.4. The number of rotatable bonds is 8. The van der Waals surface area contributed by atoms with E-state index in [9.17, 15) is 25.0 Å². The van der Waals surface area contributed by atoms with E-state index in [1.165, 1.54) is 24.3 Å². The van der Waals surface area contributed by atoms with Crippen LogP contribution in [0.25, 0.3) is 10.9 Å². The molecule has 0 fully saturated rings. The number of para-hydroxylation sites is 1. The zero-order valence-corrected chi connectivity index (χ0v) is 18.1. The van der Waals surface area contributed by atoms with Crippen molar-refractivity contribution in [1.29, 1.82) is 0 Å². The Morgan fingerprint density at radius 3 is 2.44 bits per heavy atom. The van der Waals surface area contributed by atoms with Crippen molar-refractivity contribution in [2.24, 2.45) is 0 Å². The standard InChI is InChI=1S/C21H15N7O5S/c29-17(11-13-6-8-15(9-7-13)27(30)31)25-26-20-19(28(32)33)21(24-12-23-20)34-16-5-1-3-14-4-2-10-22-18(14)16/h1-10,12H,11H2,(H,25,29)(H,23,24,26). The van der Waals surface area contributed by atoms with Crippen molar-refractivity contribution in [2.45, 2.75) is 16.3 Å². The van der Waals surface area contributed by atoms with Gasteiger partial charge in [-0.1, -0.05) is 42.1 Å². The number of nitro groups is 2. The molecule has 170 valence electrons. The van der Waals surface area contributed by atoms with Crippen LogP contribution in [0.4, 0.5) is 17.2 Å². The maximum atomic E-state index is 12.3. The van der Waals surface area contributed by atoms with E-state index in [1.54, 1.807) is 18.3 Å². The predicted molar refractivity (Wildman–Crippen MR) is 123 cm³/mol. The van der Waals surface area contributed by atoms with E-state index in [1.807, 2.05) is 18.2 Å². The van der Waals surface area contributed by atoms with Gasteiger partial charge in [-0.2, -0.15) is 0 Å². The van der Waals surface area contributed by atoms with Gasteiger partial charge in [0.2, 0.25) is 11.7 Å². The fraction of sp³-hybridized carbons (Fsp3) is 0.0476. The monoisotopic (exact) mass is 477 g/mol. The molecule has 13 heteroatoms. The molecule has 12 nitrogen and oxygen atoms in total. The molecule has 1 amide bonds. The minimum atomic E-state index is -0.633. The minimum absolute atomic E-state index is 0.0743. The molecule has 0 radical (unpaired) electrons. The van der Waals surface area contributed by atoms with Gasteiger partial charge < -0.3 is 0 Å². The third-order valence-electron chi connectivity index (χ3n) is 4.61. The average molecular weight is 477 g/mol. The molecule has 2 aromatic carbocycles. The highest BCUT2D eigenvalue weighted by Crippen LogP contribution is 2.38. The first-order valence-electron chi connectivity index (χ1n) is 9.71. The number of non-ortho nitro benzene ring substituents is 1. The van der Waals surface area contributed by atoms with E-state index < -0.39 is 21.4 Å². The summed E-state index contributed by atoms with van der Waals surface area (Å²) in [6, 6.07) is 14.7. The SMILES string of the molecule is O=C(Cc1ccc([N+](=O)[O-])cc1)NNc1ncnc(Sc2cccc3cccnc23)c1[N+](=O)[O-]. The van der Waals surface area contributed by atoms with E-state index in [0.717, 1.165) is 23.5 Å². The first kappa shape index (κ1) is 22.5. The van der Waals surface area contributed by atoms with E-state index in [2.05, 4.69) is 25.8 Å². The lowest BCUT2D eigenvalue weighted by Crippen LogP contribution is -2.31. The Kier molecular flexibility index (Phi) is 6.54. The molecular formula is C21H15N7O5S. The van der Waals surface area contributed by atoms with Crippen molar-refractivity contribution < 1.29 is 14.6 Å². The first-order valence-corrected chi connectivity index (χ1v) is 10.5. The molecular weight excluding hydrogens is 462 g/mol. The number of amides is 1. The Morgan fingerprint density at radius 2 is 1.71 bits per heavy atom. The van der Waals surface area contributed by atoms with Gasteiger partial charge in [-0.25, -0.2) is 9.97 Å². The maximum Gasteiger partial charge on any atom is 0.345 e. The number of aromatic nitrogens is 3. The van der Waals surface area contributed by atoms with Crippen molar-refractivity contribution in [2.75, 3.05) is 5.43 Å². The molecule has 2 heterocycles. The van der Waals surface area contributed by atoms with Gasteiger partial charge in [-0.05, 0) is 17.7 Å². The van der Waals surface area contributed by atoms with Crippen molar-refractivity contribution in [3.63, 3.8) is 0 Å². The molecule has 0 spiro atoms. The summed E-state index contributed by atoms with van der Waals surface area (Å²) < 4.78 is 0. The van der Waals surface area contributed by atoms with Gasteiger partial charge in [0.05, 0.1) is 21.8 Å². The Bertz CT molecular complexity index is 1390. The molecule has 4 rings (SSSR count). The van der Waals surface area contributed by atoms with E-state index in [-0.39, 0.29) is 23.0 Å². The molecule has 0 aliphatic carbocycles. The van der Waals surface area contributed by atoms with Gasteiger partial charge in [-0.3, -0.25) is 40.9 Å². The Labute approximate surface area is 195 Å². The van der Waals surface area contributed by atoms with Gasteiger partial charge >= 0.3 is 5.69 Å². The van der Waals surface area contributed by atoms with Crippen LogP contribution in [-0.4, -0.2) is 30.7 Å². The Balaban J connectivity index is 1.51. The van der Waals surface area contributed by atoms with Crippen LogP contribution < -0.4 is 10.9 Å². The van der Waals surface area contributed by atoms with E-state index in [4.69, 9.17) is 0 Å². The zero-order valence-electron chi connectivity index (χ0n) is 17.2. The topological polar surface area (TPSA) is 166 Å². The van der Waals surface area contributed by atoms with Crippen LogP contribution in [0.1, 0.15) is 5.56 Å². The Morgan fingerprint density at radius 1 is 0.941 bits per heavy atom. The number of nitro benzene ring substituents is 1. The van der Waals surface area contributed by atoms with E-state index in [0.29, 0.717) is 16.0 Å². The number of carbonyl (C=O) groups is 1. The van der Waals surface area contributed by atoms with Crippen molar-refractivity contribution in [3.8, 4) is 0 Å². The normalized spacial score (nSPS) is 10.6. The molecule has 0 saturated carbocycles. The summed E-state index contributed by atoms with van der Waals surface area (Å²) in [6.45, 7) is 0. The maximum absolute atomic E-state index is 12.3. The molecule has 0 unspecified atom stereocenters. The number of fused-ring (bicyclic) bond motifs is 1. The number of benzene rings is 2. The van der Waals surface area contributed by atoms with Crippen LogP contribution in [0.15, 0.2) is 77.0 Å². The third-order valence-corrected chi connectivity index (χ3v) is 5.65. The molecule has 4 aromatic rings. The number of nitrogens with zero attached hydrogens (tertiary/aromatic N) is 5. The van der Waals surface area contributed by atoms with Crippen LogP contribution in [0.2, 0.25) is 0 Å². The summed E-state index contributed by atoms with van der Waals surface area (Å²) in [6.07, 6.45) is 2.68. The lowest BCUT2D eigenvalue weighted by molar-refractivity contribution is -0.387. The van der Waals surface area contributed by atoms with Gasteiger partial charge in [0.25, 0.3) is 5.69 Å². The summed E-state index contributed by atoms with van der Waals surface area (Å²) >= 11 is 1.06. The summed E-state index contributed by atoms with van der Waals surface area (Å²) in [5.74, 6) is -0.707. The minimum Gasteiger partial charge on any atom is -0.276 e. The van der Waals surface area contributed by atoms with Crippen LogP contribution in [0.3, 0.4) is 0 Å². The van der Waals surface area contributed by atoms with Gasteiger partial charge in [-0.15, -0.1) is 0 Å². The summed E-state index contributed by atoms with van der Waals surface area (Å²) in [7, 11) is 0. The molecule has 2 aromatic heterocycles. The van der Waals surface area contributed by atoms with Crippen LogP contribution in [-0.2, 0) is 11.2 Å². The largest absolute Gasteiger partial charge is 0.345 e. The van der Waals surface area contributed by atoms with Crippen LogP contribution >= 0.6 is 11.8 Å². The highest BCUT2D eigenvalue weighted by Gasteiger charge is 2.25. The molecule has 34 heavy (non-hydrogen) atoms. The summed E-state index contributed by atoms with van der Waals surface area (Å²) in [5, 5.41) is 23.5. The van der Waals surface area contributed by atoms with Crippen LogP contribution in [0, 0.1) is 20.2 Å². The highest BCUT2D eigenvalue weighted by atomic mass is 32.2. The van der Waals surface area contributed by atoms with Gasteiger partial charge in [0, 0.05) is 28.6 Å². The number of anilines is 1. The highest BCUT2D eigenvalue weighted by molar-refractivity contribution is 7.99. The number of carbonyl (C=O) groups excluding carboxylic acids is 1. The zero-order chi connectivity index (χ0) is 24.1. The Hall–Kier alpha value is -4.65. The predicted octanol–water partition coefficient (Wildman–Crippen LogP) is 3.68. The average Bonchev–Trinajstić information content (AvgIpc) is 2.83. The smallest absolute Gasteiger partial charge is 0.276 e. The second kappa shape index (κ2) is 9.87. The van der Waals surface area contributed by atoms with Gasteiger partial charge in [0.15, 0.2) is 5.03 Å². The molecule has 0 saturated heterocycles. The van der Waals surface area contributed by atoms with Crippen molar-refractivity contribution >= 4 is 45.8 Å². The lowest BCUT2D eigenvalue weighted by atomic mass is 10.1. The number of hydrogen-bond donors (Lipinski definition) is 2. The number of hydrogen-bond acceptors (Lipinski definition) is 10. The molecule has 2 N–H and O–H groups in total.